The molecule has 0 atom stereocenters. The van der Waals surface area contributed by atoms with E-state index in [1.165, 1.54) is 12.3 Å². The molecule has 0 aliphatic rings. The van der Waals surface area contributed by atoms with Crippen LogP contribution in [-0.4, -0.2) is 16.4 Å². The number of aromatic hydroxyl groups is 1. The highest BCUT2D eigenvalue weighted by molar-refractivity contribution is 7.80. The van der Waals surface area contributed by atoms with Crippen LogP contribution in [0, 0.1) is 0 Å². The maximum Gasteiger partial charge on any atom is 0.191 e. The van der Waals surface area contributed by atoms with Gasteiger partial charge in [-0.3, -0.25) is 5.43 Å². The minimum Gasteiger partial charge on any atom is -0.507 e. The summed E-state index contributed by atoms with van der Waals surface area (Å²) in [6.45, 7) is 0. The first-order valence-corrected chi connectivity index (χ1v) is 6.57. The molecule has 4 nitrogen and oxygen atoms in total. The molecular weight excluding hydrogens is 294 g/mol. The molecule has 0 aliphatic carbocycles. The van der Waals surface area contributed by atoms with Crippen LogP contribution >= 0.6 is 23.8 Å². The average Bonchev–Trinajstić information content (AvgIpc) is 2.44. The highest BCUT2D eigenvalue weighted by Gasteiger charge is 1.99. The van der Waals surface area contributed by atoms with Gasteiger partial charge in [0.1, 0.15) is 5.75 Å². The number of anilines is 1. The molecule has 0 aromatic heterocycles. The van der Waals surface area contributed by atoms with Crippen molar-refractivity contribution in [1.82, 2.24) is 5.43 Å². The highest BCUT2D eigenvalue weighted by Crippen LogP contribution is 2.19. The molecule has 20 heavy (non-hydrogen) atoms. The Morgan fingerprint density at radius 2 is 1.95 bits per heavy atom. The fourth-order valence-corrected chi connectivity index (χ4v) is 1.82. The van der Waals surface area contributed by atoms with Crippen LogP contribution in [0.2, 0.25) is 5.02 Å². The minimum absolute atomic E-state index is 0.0990. The molecule has 6 heteroatoms. The van der Waals surface area contributed by atoms with Crippen LogP contribution in [0.1, 0.15) is 5.56 Å². The van der Waals surface area contributed by atoms with E-state index >= 15 is 0 Å². The molecule has 0 bridgehead atoms. The molecule has 3 N–H and O–H groups in total. The Kier molecular flexibility index (Phi) is 4.92. The number of phenolic OH excluding ortho intramolecular Hbond substituents is 1. The quantitative estimate of drug-likeness (QED) is 0.462. The van der Waals surface area contributed by atoms with Gasteiger partial charge in [-0.05, 0) is 42.5 Å². The number of nitrogens with one attached hydrogen (secondary N) is 2. The number of para-hydroxylation sites is 1. The van der Waals surface area contributed by atoms with E-state index in [0.29, 0.717) is 15.7 Å². The Morgan fingerprint density at radius 1 is 1.20 bits per heavy atom. The van der Waals surface area contributed by atoms with E-state index in [1.54, 1.807) is 12.1 Å². The monoisotopic (exact) mass is 305 g/mol. The van der Waals surface area contributed by atoms with Crippen molar-refractivity contribution in [2.45, 2.75) is 0 Å². The molecule has 0 unspecified atom stereocenters. The summed E-state index contributed by atoms with van der Waals surface area (Å²) in [6.07, 6.45) is 1.44. The second-order valence-electron chi connectivity index (χ2n) is 3.89. The molecule has 0 saturated heterocycles. The number of nitrogens with zero attached hydrogens (tertiary/aromatic N) is 1. The molecule has 102 valence electrons. The number of hydrazone groups is 1. The lowest BCUT2D eigenvalue weighted by Gasteiger charge is -2.06. The second kappa shape index (κ2) is 6.88. The normalized spacial score (nSPS) is 10.4. The summed E-state index contributed by atoms with van der Waals surface area (Å²) in [4.78, 5) is 0. The van der Waals surface area contributed by atoms with E-state index in [1.807, 2.05) is 30.3 Å². The van der Waals surface area contributed by atoms with Gasteiger partial charge in [-0.15, -0.1) is 0 Å². The Hall–Kier alpha value is -2.11. The molecule has 0 heterocycles. The van der Waals surface area contributed by atoms with Crippen LogP contribution in [0.4, 0.5) is 5.69 Å². The molecule has 2 rings (SSSR count). The maximum atomic E-state index is 9.61. The van der Waals surface area contributed by atoms with E-state index in [4.69, 9.17) is 23.8 Å². The van der Waals surface area contributed by atoms with Crippen LogP contribution in [0.25, 0.3) is 0 Å². The lowest BCUT2D eigenvalue weighted by molar-refractivity contribution is 0.474. The standard InChI is InChI=1S/C14H12ClN3OS/c15-11-6-7-13(19)10(8-11)9-16-18-14(20)17-12-4-2-1-3-5-12/h1-9,19H,(H2,17,18,20)/b16-9-. The third kappa shape index (κ3) is 4.22. The summed E-state index contributed by atoms with van der Waals surface area (Å²) in [5.41, 5.74) is 4.04. The first kappa shape index (κ1) is 14.3. The lowest BCUT2D eigenvalue weighted by atomic mass is 10.2. The van der Waals surface area contributed by atoms with Gasteiger partial charge in [0.05, 0.1) is 6.21 Å². The van der Waals surface area contributed by atoms with Gasteiger partial charge in [0.25, 0.3) is 0 Å². The number of benzene rings is 2. The largest absolute Gasteiger partial charge is 0.507 e. The first-order valence-electron chi connectivity index (χ1n) is 5.79. The molecule has 0 radical (unpaired) electrons. The third-order valence-electron chi connectivity index (χ3n) is 2.39. The van der Waals surface area contributed by atoms with E-state index in [2.05, 4.69) is 15.8 Å². The molecular formula is C14H12ClN3OS. The van der Waals surface area contributed by atoms with Gasteiger partial charge >= 0.3 is 0 Å². The van der Waals surface area contributed by atoms with Gasteiger partial charge in [-0.25, -0.2) is 0 Å². The molecule has 0 spiro atoms. The Bertz CT molecular complexity index is 632. The molecule has 2 aromatic rings. The zero-order chi connectivity index (χ0) is 14.4. The number of halogens is 1. The minimum atomic E-state index is 0.0990. The van der Waals surface area contributed by atoms with Gasteiger partial charge in [0.2, 0.25) is 0 Å². The first-order chi connectivity index (χ1) is 9.65. The fourth-order valence-electron chi connectivity index (χ4n) is 1.47. The number of hydrogen-bond donors (Lipinski definition) is 3. The average molecular weight is 306 g/mol. The molecule has 0 aliphatic heterocycles. The zero-order valence-electron chi connectivity index (χ0n) is 10.4. The van der Waals surface area contributed by atoms with E-state index < -0.39 is 0 Å². The Morgan fingerprint density at radius 3 is 2.70 bits per heavy atom. The summed E-state index contributed by atoms with van der Waals surface area (Å²) in [6, 6.07) is 14.2. The number of thiocarbonyl (C=S) groups is 1. The Labute approximate surface area is 127 Å². The van der Waals surface area contributed by atoms with Crippen molar-refractivity contribution < 1.29 is 5.11 Å². The van der Waals surface area contributed by atoms with Gasteiger partial charge in [-0.2, -0.15) is 5.10 Å². The summed E-state index contributed by atoms with van der Waals surface area (Å²) >= 11 is 10.9. The van der Waals surface area contributed by atoms with Crippen molar-refractivity contribution in [2.75, 3.05) is 5.32 Å². The molecule has 0 saturated carbocycles. The number of hydrogen-bond acceptors (Lipinski definition) is 3. The predicted octanol–water partition coefficient (Wildman–Crippen LogP) is 3.37. The fraction of sp³-hybridized carbons (Fsp3) is 0. The van der Waals surface area contributed by atoms with Crippen LogP contribution in [0.15, 0.2) is 53.6 Å². The third-order valence-corrected chi connectivity index (χ3v) is 2.82. The SMILES string of the molecule is Oc1ccc(Cl)cc1/C=N\NC(=S)Nc1ccccc1. The summed E-state index contributed by atoms with van der Waals surface area (Å²) in [5, 5.41) is 17.4. The van der Waals surface area contributed by atoms with Crippen molar-refractivity contribution in [3.63, 3.8) is 0 Å². The summed E-state index contributed by atoms with van der Waals surface area (Å²) in [5.74, 6) is 0.0990. The van der Waals surface area contributed by atoms with Gasteiger partial charge in [0, 0.05) is 16.3 Å². The topological polar surface area (TPSA) is 56.7 Å². The summed E-state index contributed by atoms with van der Waals surface area (Å²) in [7, 11) is 0. The highest BCUT2D eigenvalue weighted by atomic mass is 35.5. The van der Waals surface area contributed by atoms with Crippen molar-refractivity contribution in [1.29, 1.82) is 0 Å². The van der Waals surface area contributed by atoms with Crippen LogP contribution in [-0.2, 0) is 0 Å². The van der Waals surface area contributed by atoms with Gasteiger partial charge < -0.3 is 10.4 Å². The number of phenols is 1. The molecule has 0 fully saturated rings. The van der Waals surface area contributed by atoms with Crippen LogP contribution in [0.5, 0.6) is 5.75 Å². The Balaban J connectivity index is 1.93. The predicted molar refractivity (Wildman–Crippen MR) is 86.5 cm³/mol. The molecule has 2 aromatic carbocycles. The van der Waals surface area contributed by atoms with E-state index in [9.17, 15) is 5.11 Å². The van der Waals surface area contributed by atoms with Crippen LogP contribution in [0.3, 0.4) is 0 Å². The van der Waals surface area contributed by atoms with E-state index in [0.717, 1.165) is 5.69 Å². The van der Waals surface area contributed by atoms with Gasteiger partial charge in [-0.1, -0.05) is 29.8 Å². The zero-order valence-corrected chi connectivity index (χ0v) is 11.9. The number of rotatable bonds is 3. The molecule has 0 amide bonds. The summed E-state index contributed by atoms with van der Waals surface area (Å²) < 4.78 is 0. The lowest BCUT2D eigenvalue weighted by Crippen LogP contribution is -2.23. The van der Waals surface area contributed by atoms with Crippen molar-refractivity contribution in [3.05, 3.63) is 59.1 Å². The van der Waals surface area contributed by atoms with Crippen molar-refractivity contribution in [3.8, 4) is 5.75 Å². The second-order valence-corrected chi connectivity index (χ2v) is 4.74. The van der Waals surface area contributed by atoms with Crippen molar-refractivity contribution in [2.24, 2.45) is 5.10 Å². The smallest absolute Gasteiger partial charge is 0.191 e. The van der Waals surface area contributed by atoms with E-state index in [-0.39, 0.29) is 5.75 Å². The van der Waals surface area contributed by atoms with Crippen molar-refractivity contribution >= 4 is 40.8 Å². The maximum absolute atomic E-state index is 9.61. The van der Waals surface area contributed by atoms with Gasteiger partial charge in [0.15, 0.2) is 5.11 Å². The van der Waals surface area contributed by atoms with Crippen LogP contribution < -0.4 is 10.7 Å².